The largest absolute Gasteiger partial charge is 0.417 e. The molecule has 0 aliphatic rings. The van der Waals surface area contributed by atoms with Gasteiger partial charge in [0, 0.05) is 18.7 Å². The average Bonchev–Trinajstić information content (AvgIpc) is 2.51. The van der Waals surface area contributed by atoms with Gasteiger partial charge in [0.1, 0.15) is 4.60 Å². The molecular weight excluding hydrogens is 320 g/mol. The first-order chi connectivity index (χ1) is 8.56. The molecule has 0 unspecified atom stereocenters. The third-order valence-corrected chi connectivity index (χ3v) is 9.68. The number of hydrogen-bond acceptors (Lipinski definition) is 2. The van der Waals surface area contributed by atoms with Crippen LogP contribution in [-0.2, 0) is 11.0 Å². The minimum Gasteiger partial charge on any atom is -0.417 e. The second kappa shape index (κ2) is 6.10. The number of hydrogen-bond donors (Lipinski definition) is 0. The highest BCUT2D eigenvalue weighted by atomic mass is 79.9. The van der Waals surface area contributed by atoms with Gasteiger partial charge < -0.3 is 4.43 Å². The van der Waals surface area contributed by atoms with Crippen LogP contribution in [0.4, 0.5) is 0 Å². The van der Waals surface area contributed by atoms with E-state index >= 15 is 0 Å². The average molecular weight is 347 g/mol. The molecule has 0 fully saturated rings. The molecular formula is C14H27BrN2OSi. The van der Waals surface area contributed by atoms with Gasteiger partial charge in [-0.2, -0.15) is 5.10 Å². The van der Waals surface area contributed by atoms with Gasteiger partial charge in [-0.25, -0.2) is 0 Å². The molecule has 110 valence electrons. The quantitative estimate of drug-likeness (QED) is 0.571. The van der Waals surface area contributed by atoms with Crippen LogP contribution in [0.3, 0.4) is 0 Å². The summed E-state index contributed by atoms with van der Waals surface area (Å²) >= 11 is 3.59. The van der Waals surface area contributed by atoms with Crippen molar-refractivity contribution in [2.45, 2.75) is 65.7 Å². The van der Waals surface area contributed by atoms with Crippen LogP contribution in [0, 0.1) is 13.8 Å². The van der Waals surface area contributed by atoms with Crippen LogP contribution in [0.2, 0.25) is 18.1 Å². The van der Waals surface area contributed by atoms with E-state index in [4.69, 9.17) is 4.43 Å². The van der Waals surface area contributed by atoms with E-state index in [0.29, 0.717) is 0 Å². The Morgan fingerprint density at radius 2 is 1.84 bits per heavy atom. The Bertz CT molecular complexity index is 435. The smallest absolute Gasteiger partial charge is 0.191 e. The van der Waals surface area contributed by atoms with E-state index in [0.717, 1.165) is 29.9 Å². The Balaban J connectivity index is 2.46. The van der Waals surface area contributed by atoms with Crippen molar-refractivity contribution < 1.29 is 4.43 Å². The van der Waals surface area contributed by atoms with E-state index in [1.54, 1.807) is 0 Å². The Labute approximate surface area is 127 Å². The zero-order valence-corrected chi connectivity index (χ0v) is 15.9. The fourth-order valence-corrected chi connectivity index (χ4v) is 3.18. The van der Waals surface area contributed by atoms with E-state index in [9.17, 15) is 0 Å². The fraction of sp³-hybridized carbons (Fsp3) is 0.786. The molecule has 0 aliphatic heterocycles. The molecule has 3 nitrogen and oxygen atoms in total. The number of rotatable bonds is 5. The van der Waals surface area contributed by atoms with Gasteiger partial charge in [0.25, 0.3) is 0 Å². The zero-order chi connectivity index (χ0) is 14.8. The van der Waals surface area contributed by atoms with Gasteiger partial charge in [-0.05, 0) is 54.3 Å². The molecule has 0 saturated carbocycles. The minimum atomic E-state index is -1.60. The summed E-state index contributed by atoms with van der Waals surface area (Å²) in [5.74, 6) is 0. The van der Waals surface area contributed by atoms with Crippen LogP contribution in [0.15, 0.2) is 4.60 Å². The third-order valence-electron chi connectivity index (χ3n) is 4.13. The maximum absolute atomic E-state index is 6.18. The summed E-state index contributed by atoms with van der Waals surface area (Å²) in [6.45, 7) is 17.3. The van der Waals surface area contributed by atoms with E-state index < -0.39 is 8.32 Å². The van der Waals surface area contributed by atoms with Crippen molar-refractivity contribution in [3.05, 3.63) is 15.9 Å². The molecule has 5 heteroatoms. The van der Waals surface area contributed by atoms with Crippen LogP contribution < -0.4 is 0 Å². The second-order valence-corrected chi connectivity index (χ2v) is 12.2. The standard InChI is InChI=1S/C14H27BrN2OSi/c1-11-12(2)16-17(13(11)15)9-8-10-18-19(6,7)14(3,4)5/h8-10H2,1-7H3. The van der Waals surface area contributed by atoms with Gasteiger partial charge in [0.2, 0.25) is 0 Å². The lowest BCUT2D eigenvalue weighted by molar-refractivity contribution is 0.272. The fourth-order valence-electron chi connectivity index (χ4n) is 1.55. The molecule has 1 aromatic rings. The summed E-state index contributed by atoms with van der Waals surface area (Å²) in [5.41, 5.74) is 2.32. The minimum absolute atomic E-state index is 0.284. The molecule has 0 aliphatic carbocycles. The molecule has 1 rings (SSSR count). The number of halogens is 1. The first kappa shape index (κ1) is 16.9. The molecule has 0 amide bonds. The Hall–Kier alpha value is -0.133. The van der Waals surface area contributed by atoms with Crippen molar-refractivity contribution in [2.24, 2.45) is 0 Å². The molecule has 0 spiro atoms. The molecule has 0 N–H and O–H groups in total. The summed E-state index contributed by atoms with van der Waals surface area (Å²) in [7, 11) is -1.60. The van der Waals surface area contributed by atoms with Crippen molar-refractivity contribution in [3.8, 4) is 0 Å². The lowest BCUT2D eigenvalue weighted by Gasteiger charge is -2.36. The summed E-state index contributed by atoms with van der Waals surface area (Å²) < 4.78 is 9.30. The van der Waals surface area contributed by atoms with Gasteiger partial charge in [-0.3, -0.25) is 4.68 Å². The van der Waals surface area contributed by atoms with Gasteiger partial charge >= 0.3 is 0 Å². The van der Waals surface area contributed by atoms with Crippen molar-refractivity contribution in [1.29, 1.82) is 0 Å². The molecule has 1 heterocycles. The van der Waals surface area contributed by atoms with Crippen LogP contribution in [0.25, 0.3) is 0 Å². The maximum atomic E-state index is 6.18. The first-order valence-corrected chi connectivity index (χ1v) is 10.6. The number of aryl methyl sites for hydroxylation is 2. The predicted molar refractivity (Wildman–Crippen MR) is 87.2 cm³/mol. The van der Waals surface area contributed by atoms with Gasteiger partial charge in [0.05, 0.1) is 5.69 Å². The number of nitrogens with zero attached hydrogens (tertiary/aromatic N) is 2. The topological polar surface area (TPSA) is 27.1 Å². The first-order valence-electron chi connectivity index (χ1n) is 6.90. The van der Waals surface area contributed by atoms with Gasteiger partial charge in [-0.15, -0.1) is 0 Å². The van der Waals surface area contributed by atoms with E-state index in [-0.39, 0.29) is 5.04 Å². The lowest BCUT2D eigenvalue weighted by atomic mass is 10.2. The second-order valence-electron chi connectivity index (χ2n) is 6.69. The van der Waals surface area contributed by atoms with Crippen molar-refractivity contribution in [2.75, 3.05) is 6.61 Å². The lowest BCUT2D eigenvalue weighted by Crippen LogP contribution is -2.41. The van der Waals surface area contributed by atoms with Crippen LogP contribution in [0.5, 0.6) is 0 Å². The van der Waals surface area contributed by atoms with E-state index in [1.807, 2.05) is 11.6 Å². The van der Waals surface area contributed by atoms with Crippen LogP contribution in [0.1, 0.15) is 38.4 Å². The Morgan fingerprint density at radius 1 is 1.26 bits per heavy atom. The van der Waals surface area contributed by atoms with Crippen molar-refractivity contribution >= 4 is 24.2 Å². The molecule has 1 aromatic heterocycles. The zero-order valence-electron chi connectivity index (χ0n) is 13.3. The monoisotopic (exact) mass is 346 g/mol. The maximum Gasteiger partial charge on any atom is 0.191 e. The van der Waals surface area contributed by atoms with E-state index in [2.05, 4.69) is 61.8 Å². The summed E-state index contributed by atoms with van der Waals surface area (Å²) in [4.78, 5) is 0. The molecule has 0 radical (unpaired) electrons. The molecule has 19 heavy (non-hydrogen) atoms. The SMILES string of the molecule is Cc1nn(CCCO[Si](C)(C)C(C)(C)C)c(Br)c1C. The molecule has 0 saturated heterocycles. The highest BCUT2D eigenvalue weighted by Gasteiger charge is 2.36. The molecule has 0 aromatic carbocycles. The highest BCUT2D eigenvalue weighted by Crippen LogP contribution is 2.36. The summed E-state index contributed by atoms with van der Waals surface area (Å²) in [5, 5.41) is 4.80. The third kappa shape index (κ3) is 4.16. The van der Waals surface area contributed by atoms with Crippen LogP contribution >= 0.6 is 15.9 Å². The van der Waals surface area contributed by atoms with Crippen molar-refractivity contribution in [1.82, 2.24) is 9.78 Å². The van der Waals surface area contributed by atoms with Gasteiger partial charge in [0.15, 0.2) is 8.32 Å². The van der Waals surface area contributed by atoms with E-state index in [1.165, 1.54) is 5.56 Å². The summed E-state index contributed by atoms with van der Waals surface area (Å²) in [6.07, 6.45) is 1.01. The predicted octanol–water partition coefficient (Wildman–Crippen LogP) is 4.67. The molecule has 0 atom stereocenters. The summed E-state index contributed by atoms with van der Waals surface area (Å²) in [6, 6.07) is 0. The van der Waals surface area contributed by atoms with Crippen LogP contribution in [-0.4, -0.2) is 24.7 Å². The van der Waals surface area contributed by atoms with Crippen molar-refractivity contribution in [3.63, 3.8) is 0 Å². The Kier molecular flexibility index (Phi) is 5.43. The highest BCUT2D eigenvalue weighted by molar-refractivity contribution is 9.10. The normalized spacial score (nSPS) is 13.1. The Morgan fingerprint density at radius 3 is 2.26 bits per heavy atom. The molecule has 0 bridgehead atoms. The number of aromatic nitrogens is 2. The van der Waals surface area contributed by atoms with Gasteiger partial charge in [-0.1, -0.05) is 20.8 Å².